The van der Waals surface area contributed by atoms with Crippen molar-refractivity contribution in [2.24, 2.45) is 0 Å². The Bertz CT molecular complexity index is 543. The van der Waals surface area contributed by atoms with Crippen LogP contribution in [0.5, 0.6) is 0 Å². The van der Waals surface area contributed by atoms with Crippen LogP contribution in [0.1, 0.15) is 16.5 Å². The summed E-state index contributed by atoms with van der Waals surface area (Å²) in [5.74, 6) is -0.308. The van der Waals surface area contributed by atoms with Crippen LogP contribution < -0.4 is 10.6 Å². The summed E-state index contributed by atoms with van der Waals surface area (Å²) < 4.78 is 12.7. The molecule has 1 aromatic heterocycles. The van der Waals surface area contributed by atoms with E-state index in [2.05, 4.69) is 10.6 Å². The molecule has 6 heteroatoms. The van der Waals surface area contributed by atoms with Crippen molar-refractivity contribution in [3.8, 4) is 0 Å². The van der Waals surface area contributed by atoms with Gasteiger partial charge in [-0.05, 0) is 29.1 Å². The Morgan fingerprint density at radius 1 is 1.25 bits per heavy atom. The highest BCUT2D eigenvalue weighted by Gasteiger charge is 2.09. The van der Waals surface area contributed by atoms with E-state index in [9.17, 15) is 14.3 Å². The zero-order chi connectivity index (χ0) is 14.4. The van der Waals surface area contributed by atoms with E-state index in [1.165, 1.54) is 23.5 Å². The fourth-order valence-electron chi connectivity index (χ4n) is 1.62. The minimum Gasteiger partial charge on any atom is -0.386 e. The Morgan fingerprint density at radius 2 is 2.00 bits per heavy atom. The topological polar surface area (TPSA) is 61.4 Å². The van der Waals surface area contributed by atoms with Crippen LogP contribution in [0.3, 0.4) is 0 Å². The third kappa shape index (κ3) is 4.32. The second kappa shape index (κ2) is 7.02. The van der Waals surface area contributed by atoms with E-state index in [4.69, 9.17) is 0 Å². The molecule has 2 aromatic rings. The van der Waals surface area contributed by atoms with Crippen molar-refractivity contribution in [3.05, 3.63) is 58.0 Å². The molecule has 20 heavy (non-hydrogen) atoms. The van der Waals surface area contributed by atoms with Gasteiger partial charge in [-0.3, -0.25) is 0 Å². The molecule has 3 N–H and O–H groups in total. The first-order chi connectivity index (χ1) is 9.65. The van der Waals surface area contributed by atoms with Crippen molar-refractivity contribution in [2.75, 3.05) is 6.54 Å². The zero-order valence-corrected chi connectivity index (χ0v) is 11.5. The SMILES string of the molecule is O=C(NCc1ccc(F)cc1)NCC(O)c1cccs1. The number of aliphatic hydroxyl groups is 1. The minimum absolute atomic E-state index is 0.149. The number of hydrogen-bond donors (Lipinski definition) is 3. The first-order valence-electron chi connectivity index (χ1n) is 6.13. The van der Waals surface area contributed by atoms with Gasteiger partial charge in [0.1, 0.15) is 11.9 Å². The molecule has 0 saturated carbocycles. The molecule has 0 saturated heterocycles. The number of halogens is 1. The van der Waals surface area contributed by atoms with Gasteiger partial charge in [-0.1, -0.05) is 18.2 Å². The van der Waals surface area contributed by atoms with E-state index in [0.29, 0.717) is 6.54 Å². The monoisotopic (exact) mass is 294 g/mol. The fourth-order valence-corrected chi connectivity index (χ4v) is 2.33. The molecule has 106 valence electrons. The summed E-state index contributed by atoms with van der Waals surface area (Å²) in [7, 11) is 0. The van der Waals surface area contributed by atoms with Crippen LogP contribution in [0.25, 0.3) is 0 Å². The summed E-state index contributed by atoms with van der Waals surface area (Å²) in [5.41, 5.74) is 0.806. The van der Waals surface area contributed by atoms with Crippen LogP contribution in [0.4, 0.5) is 9.18 Å². The molecule has 1 unspecified atom stereocenters. The van der Waals surface area contributed by atoms with Crippen LogP contribution >= 0.6 is 11.3 Å². The van der Waals surface area contributed by atoms with Crippen molar-refractivity contribution in [2.45, 2.75) is 12.6 Å². The highest BCUT2D eigenvalue weighted by atomic mass is 32.1. The van der Waals surface area contributed by atoms with E-state index in [-0.39, 0.29) is 18.4 Å². The molecule has 1 aromatic carbocycles. The van der Waals surface area contributed by atoms with E-state index in [0.717, 1.165) is 10.4 Å². The first-order valence-corrected chi connectivity index (χ1v) is 7.01. The number of thiophene rings is 1. The largest absolute Gasteiger partial charge is 0.386 e. The number of carbonyl (C=O) groups is 1. The lowest BCUT2D eigenvalue weighted by atomic mass is 10.2. The molecule has 1 heterocycles. The molecule has 0 aliphatic rings. The minimum atomic E-state index is -0.702. The maximum absolute atomic E-state index is 12.7. The van der Waals surface area contributed by atoms with Gasteiger partial charge in [0.25, 0.3) is 0 Å². The Morgan fingerprint density at radius 3 is 2.65 bits per heavy atom. The fraction of sp³-hybridized carbons (Fsp3) is 0.214. The van der Waals surface area contributed by atoms with Crippen molar-refractivity contribution in [3.63, 3.8) is 0 Å². The third-order valence-electron chi connectivity index (χ3n) is 2.69. The van der Waals surface area contributed by atoms with Crippen molar-refractivity contribution in [1.29, 1.82) is 0 Å². The normalized spacial score (nSPS) is 11.9. The van der Waals surface area contributed by atoms with Crippen LogP contribution in [-0.2, 0) is 6.54 Å². The maximum atomic E-state index is 12.7. The second-order valence-electron chi connectivity index (χ2n) is 4.22. The summed E-state index contributed by atoms with van der Waals surface area (Å²) in [5, 5.41) is 16.9. The molecule has 0 fully saturated rings. The van der Waals surface area contributed by atoms with Gasteiger partial charge in [0, 0.05) is 11.4 Å². The highest BCUT2D eigenvalue weighted by Crippen LogP contribution is 2.17. The number of rotatable bonds is 5. The molecule has 2 rings (SSSR count). The van der Waals surface area contributed by atoms with Crippen LogP contribution in [0, 0.1) is 5.82 Å². The number of nitrogens with one attached hydrogen (secondary N) is 2. The van der Waals surface area contributed by atoms with Gasteiger partial charge in [-0.25, -0.2) is 9.18 Å². The maximum Gasteiger partial charge on any atom is 0.315 e. The third-order valence-corrected chi connectivity index (χ3v) is 3.67. The lowest BCUT2D eigenvalue weighted by molar-refractivity contribution is 0.176. The first kappa shape index (κ1) is 14.5. The quantitative estimate of drug-likeness (QED) is 0.793. The van der Waals surface area contributed by atoms with Gasteiger partial charge in [0.15, 0.2) is 0 Å². The smallest absolute Gasteiger partial charge is 0.315 e. The Labute approximate surface area is 120 Å². The lowest BCUT2D eigenvalue weighted by Gasteiger charge is -2.11. The van der Waals surface area contributed by atoms with Crippen LogP contribution in [0.15, 0.2) is 41.8 Å². The van der Waals surface area contributed by atoms with Gasteiger partial charge in [0.2, 0.25) is 0 Å². The van der Waals surface area contributed by atoms with E-state index >= 15 is 0 Å². The summed E-state index contributed by atoms with van der Waals surface area (Å²) in [6.45, 7) is 0.455. The standard InChI is InChI=1S/C14H15FN2O2S/c15-11-5-3-10(4-6-11)8-16-14(19)17-9-12(18)13-2-1-7-20-13/h1-7,12,18H,8-9H2,(H2,16,17,19). The Kier molecular flexibility index (Phi) is 5.09. The number of benzene rings is 1. The molecule has 1 atom stereocenters. The van der Waals surface area contributed by atoms with Gasteiger partial charge in [-0.15, -0.1) is 11.3 Å². The lowest BCUT2D eigenvalue weighted by Crippen LogP contribution is -2.37. The Hall–Kier alpha value is -1.92. The van der Waals surface area contributed by atoms with Gasteiger partial charge in [-0.2, -0.15) is 0 Å². The van der Waals surface area contributed by atoms with Gasteiger partial charge in [0.05, 0.1) is 6.54 Å². The highest BCUT2D eigenvalue weighted by molar-refractivity contribution is 7.10. The number of carbonyl (C=O) groups excluding carboxylic acids is 1. The summed E-state index contributed by atoms with van der Waals surface area (Å²) >= 11 is 1.44. The molecule has 0 bridgehead atoms. The molecule has 4 nitrogen and oxygen atoms in total. The molecule has 0 aliphatic heterocycles. The van der Waals surface area contributed by atoms with E-state index < -0.39 is 6.10 Å². The molecule has 2 amide bonds. The summed E-state index contributed by atoms with van der Waals surface area (Å²) in [6, 6.07) is 9.19. The number of urea groups is 1. The van der Waals surface area contributed by atoms with E-state index in [1.54, 1.807) is 12.1 Å². The second-order valence-corrected chi connectivity index (χ2v) is 5.20. The molecule has 0 aliphatic carbocycles. The number of hydrogen-bond acceptors (Lipinski definition) is 3. The van der Waals surface area contributed by atoms with Crippen LogP contribution in [-0.4, -0.2) is 17.7 Å². The number of amides is 2. The van der Waals surface area contributed by atoms with Gasteiger partial charge >= 0.3 is 6.03 Å². The summed E-state index contributed by atoms with van der Waals surface area (Å²) in [6.07, 6.45) is -0.702. The van der Waals surface area contributed by atoms with Crippen LogP contribution in [0.2, 0.25) is 0 Å². The predicted octanol–water partition coefficient (Wildman–Crippen LogP) is 2.42. The molecule has 0 radical (unpaired) electrons. The summed E-state index contributed by atoms with van der Waals surface area (Å²) in [4.78, 5) is 12.4. The van der Waals surface area contributed by atoms with E-state index in [1.807, 2.05) is 17.5 Å². The van der Waals surface area contributed by atoms with Gasteiger partial charge < -0.3 is 15.7 Å². The number of aliphatic hydroxyl groups excluding tert-OH is 1. The average Bonchev–Trinajstić information content (AvgIpc) is 2.98. The average molecular weight is 294 g/mol. The van der Waals surface area contributed by atoms with Crippen molar-refractivity contribution >= 4 is 17.4 Å². The Balaban J connectivity index is 1.71. The molecule has 0 spiro atoms. The molecular weight excluding hydrogens is 279 g/mol. The predicted molar refractivity (Wildman–Crippen MR) is 75.9 cm³/mol. The zero-order valence-electron chi connectivity index (χ0n) is 10.7. The van der Waals surface area contributed by atoms with Crippen molar-refractivity contribution < 1.29 is 14.3 Å². The molecular formula is C14H15FN2O2S. The van der Waals surface area contributed by atoms with Crippen molar-refractivity contribution in [1.82, 2.24) is 10.6 Å².